The third kappa shape index (κ3) is 4.25. The van der Waals surface area contributed by atoms with Crippen LogP contribution in [0.2, 0.25) is 0 Å². The van der Waals surface area contributed by atoms with Gasteiger partial charge in [-0.3, -0.25) is 9.89 Å². The maximum absolute atomic E-state index is 12.6. The molecule has 5 nitrogen and oxygen atoms in total. The first-order valence-electron chi connectivity index (χ1n) is 7.91. The predicted octanol–water partition coefficient (Wildman–Crippen LogP) is 2.56. The summed E-state index contributed by atoms with van der Waals surface area (Å²) in [7, 11) is 0. The molecule has 1 aliphatic heterocycles. The maximum atomic E-state index is 12.6. The van der Waals surface area contributed by atoms with E-state index < -0.39 is 11.9 Å². The fraction of sp³-hybridized carbons (Fsp3) is 0.733. The van der Waals surface area contributed by atoms with Crippen LogP contribution in [0.3, 0.4) is 0 Å². The minimum absolute atomic E-state index is 0.0556. The van der Waals surface area contributed by atoms with E-state index in [1.807, 2.05) is 0 Å². The van der Waals surface area contributed by atoms with Crippen LogP contribution in [0, 0.1) is 5.92 Å². The lowest BCUT2D eigenvalue weighted by Gasteiger charge is -2.32. The summed E-state index contributed by atoms with van der Waals surface area (Å²) >= 11 is 0. The lowest BCUT2D eigenvalue weighted by molar-refractivity contribution is -0.141. The second-order valence-corrected chi connectivity index (χ2v) is 6.34. The maximum Gasteiger partial charge on any atom is 0.435 e. The summed E-state index contributed by atoms with van der Waals surface area (Å²) in [5.41, 5.74) is -0.475. The van der Waals surface area contributed by atoms with Crippen LogP contribution in [0.15, 0.2) is 6.07 Å². The Morgan fingerprint density at radius 3 is 2.83 bits per heavy atom. The molecule has 0 aromatic carbocycles. The van der Waals surface area contributed by atoms with Crippen LogP contribution in [0.5, 0.6) is 0 Å². The molecule has 0 spiro atoms. The summed E-state index contributed by atoms with van der Waals surface area (Å²) in [6, 6.07) is 1.04. The predicted molar refractivity (Wildman–Crippen MR) is 75.7 cm³/mol. The Kier molecular flexibility index (Phi) is 4.61. The number of aromatic amines is 1. The number of piperidine rings is 1. The molecule has 1 aliphatic carbocycles. The molecule has 1 amide bonds. The number of nitrogens with zero attached hydrogens (tertiary/aromatic N) is 2. The van der Waals surface area contributed by atoms with E-state index in [1.165, 1.54) is 12.8 Å². The molecule has 0 radical (unpaired) electrons. The number of aromatic nitrogens is 2. The molecule has 128 valence electrons. The van der Waals surface area contributed by atoms with Gasteiger partial charge in [-0.25, -0.2) is 0 Å². The van der Waals surface area contributed by atoms with Gasteiger partial charge in [0.25, 0.3) is 0 Å². The highest BCUT2D eigenvalue weighted by molar-refractivity contribution is 5.77. The topological polar surface area (TPSA) is 58.2 Å². The van der Waals surface area contributed by atoms with Gasteiger partial charge in [-0.15, -0.1) is 0 Å². The minimum atomic E-state index is -4.45. The first kappa shape index (κ1) is 16.3. The normalized spacial score (nSPS) is 22.4. The lowest BCUT2D eigenvalue weighted by Crippen LogP contribution is -2.41. The van der Waals surface area contributed by atoms with Crippen LogP contribution in [0.1, 0.15) is 43.0 Å². The molecule has 2 fully saturated rings. The quantitative estimate of drug-likeness (QED) is 0.902. The van der Waals surface area contributed by atoms with Crippen molar-refractivity contribution in [3.63, 3.8) is 0 Å². The number of carbonyl (C=O) groups excluding carboxylic acids is 1. The highest BCUT2D eigenvalue weighted by Gasteiger charge is 2.35. The van der Waals surface area contributed by atoms with Gasteiger partial charge in [-0.05, 0) is 37.7 Å². The van der Waals surface area contributed by atoms with E-state index in [2.05, 4.69) is 10.2 Å². The third-order valence-electron chi connectivity index (χ3n) is 4.38. The van der Waals surface area contributed by atoms with Gasteiger partial charge in [0, 0.05) is 24.7 Å². The van der Waals surface area contributed by atoms with E-state index in [9.17, 15) is 18.0 Å². The Hall–Kier alpha value is -1.57. The number of ether oxygens (including phenoxy) is 1. The summed E-state index contributed by atoms with van der Waals surface area (Å²) in [5.74, 6) is 0.369. The standard InChI is InChI=1S/C15H20F3N3O2/c16-15(17,18)13-6-12(19-20-13)11-2-1-5-21(7-11)14(22)9-23-8-10-3-4-10/h6,10-11H,1-5,7-9H2,(H,19,20). The summed E-state index contributed by atoms with van der Waals surface area (Å²) in [6.45, 7) is 1.71. The van der Waals surface area contributed by atoms with Gasteiger partial charge in [-0.2, -0.15) is 18.3 Å². The van der Waals surface area contributed by atoms with Gasteiger partial charge in [0.15, 0.2) is 5.69 Å². The van der Waals surface area contributed by atoms with Crippen LogP contribution in [0.25, 0.3) is 0 Å². The molecule has 1 aromatic heterocycles. The zero-order valence-corrected chi connectivity index (χ0v) is 12.7. The molecule has 2 heterocycles. The van der Waals surface area contributed by atoms with Crippen LogP contribution >= 0.6 is 0 Å². The first-order chi connectivity index (χ1) is 10.9. The van der Waals surface area contributed by atoms with Crippen LogP contribution in [0.4, 0.5) is 13.2 Å². The monoisotopic (exact) mass is 331 g/mol. The molecular weight excluding hydrogens is 311 g/mol. The Morgan fingerprint density at radius 2 is 2.17 bits per heavy atom. The molecule has 8 heteroatoms. The van der Waals surface area contributed by atoms with Gasteiger partial charge in [-0.1, -0.05) is 0 Å². The van der Waals surface area contributed by atoms with Crippen molar-refractivity contribution in [3.8, 4) is 0 Å². The van der Waals surface area contributed by atoms with Crippen molar-refractivity contribution in [2.45, 2.75) is 37.8 Å². The average Bonchev–Trinajstić information content (AvgIpc) is 3.18. The Balaban J connectivity index is 1.54. The van der Waals surface area contributed by atoms with Gasteiger partial charge >= 0.3 is 6.18 Å². The summed E-state index contributed by atoms with van der Waals surface area (Å²) in [4.78, 5) is 13.8. The highest BCUT2D eigenvalue weighted by Crippen LogP contribution is 2.32. The summed E-state index contributed by atoms with van der Waals surface area (Å²) in [6.07, 6.45) is -0.607. The number of nitrogens with one attached hydrogen (secondary N) is 1. The van der Waals surface area contributed by atoms with E-state index in [1.54, 1.807) is 4.90 Å². The van der Waals surface area contributed by atoms with Gasteiger partial charge in [0.2, 0.25) is 5.91 Å². The van der Waals surface area contributed by atoms with Crippen LogP contribution < -0.4 is 0 Å². The van der Waals surface area contributed by atoms with E-state index in [0.29, 0.717) is 31.3 Å². The second-order valence-electron chi connectivity index (χ2n) is 6.34. The smallest absolute Gasteiger partial charge is 0.371 e. The van der Waals surface area contributed by atoms with Gasteiger partial charge < -0.3 is 9.64 Å². The molecule has 1 atom stereocenters. The molecule has 0 bridgehead atoms. The number of amides is 1. The Labute approximate surface area is 132 Å². The highest BCUT2D eigenvalue weighted by atomic mass is 19.4. The van der Waals surface area contributed by atoms with E-state index in [4.69, 9.17) is 4.74 Å². The van der Waals surface area contributed by atoms with Crippen LogP contribution in [-0.2, 0) is 15.7 Å². The summed E-state index contributed by atoms with van der Waals surface area (Å²) in [5, 5.41) is 5.80. The first-order valence-corrected chi connectivity index (χ1v) is 7.91. The van der Waals surface area contributed by atoms with Crippen molar-refractivity contribution in [2.24, 2.45) is 5.92 Å². The number of likely N-dealkylation sites (tertiary alicyclic amines) is 1. The van der Waals surface area contributed by atoms with E-state index >= 15 is 0 Å². The van der Waals surface area contributed by atoms with Gasteiger partial charge in [0.1, 0.15) is 6.61 Å². The Bertz CT molecular complexity index is 554. The van der Waals surface area contributed by atoms with Crippen molar-refractivity contribution in [2.75, 3.05) is 26.3 Å². The largest absolute Gasteiger partial charge is 0.435 e. The number of carbonyl (C=O) groups is 1. The zero-order chi connectivity index (χ0) is 16.4. The number of hydrogen-bond donors (Lipinski definition) is 1. The minimum Gasteiger partial charge on any atom is -0.371 e. The summed E-state index contributed by atoms with van der Waals surface area (Å²) < 4.78 is 43.3. The fourth-order valence-electron chi connectivity index (χ4n) is 2.84. The number of rotatable bonds is 5. The molecule has 1 aromatic rings. The van der Waals surface area contributed by atoms with Crippen molar-refractivity contribution in [3.05, 3.63) is 17.5 Å². The SMILES string of the molecule is O=C(COCC1CC1)N1CCCC(c2cc(C(F)(F)F)n[nH]2)C1. The Morgan fingerprint density at radius 1 is 1.39 bits per heavy atom. The average molecular weight is 331 g/mol. The van der Waals surface area contributed by atoms with Crippen molar-refractivity contribution >= 4 is 5.91 Å². The number of hydrogen-bond acceptors (Lipinski definition) is 3. The number of alkyl halides is 3. The fourth-order valence-corrected chi connectivity index (χ4v) is 2.84. The van der Waals surface area contributed by atoms with Gasteiger partial charge in [0.05, 0.1) is 6.61 Å². The van der Waals surface area contributed by atoms with Crippen LogP contribution in [-0.4, -0.2) is 47.3 Å². The lowest BCUT2D eigenvalue weighted by atomic mass is 9.94. The van der Waals surface area contributed by atoms with E-state index in [0.717, 1.165) is 18.9 Å². The molecule has 2 aliphatic rings. The molecule has 1 unspecified atom stereocenters. The van der Waals surface area contributed by atoms with Crippen molar-refractivity contribution < 1.29 is 22.7 Å². The van der Waals surface area contributed by atoms with Crippen molar-refractivity contribution in [1.29, 1.82) is 0 Å². The second kappa shape index (κ2) is 6.51. The molecular formula is C15H20F3N3O2. The zero-order valence-electron chi connectivity index (χ0n) is 12.7. The third-order valence-corrected chi connectivity index (χ3v) is 4.38. The number of halogens is 3. The van der Waals surface area contributed by atoms with E-state index in [-0.39, 0.29) is 18.4 Å². The molecule has 1 saturated carbocycles. The van der Waals surface area contributed by atoms with Crippen molar-refractivity contribution in [1.82, 2.24) is 15.1 Å². The molecule has 1 N–H and O–H groups in total. The number of H-pyrrole nitrogens is 1. The molecule has 3 rings (SSSR count). The molecule has 1 saturated heterocycles. The molecule has 23 heavy (non-hydrogen) atoms.